The lowest BCUT2D eigenvalue weighted by Gasteiger charge is -1.77. The second-order valence-corrected chi connectivity index (χ2v) is 1.80. The van der Waals surface area contributed by atoms with Crippen molar-refractivity contribution in [1.82, 2.24) is 0 Å². The summed E-state index contributed by atoms with van der Waals surface area (Å²) in [5, 5.41) is 22.8. The number of carboxylic acid groups (broad SMARTS) is 2. The topological polar surface area (TPSA) is 125 Å². The van der Waals surface area contributed by atoms with Gasteiger partial charge in [0.15, 0.2) is 0 Å². The first kappa shape index (κ1) is 19.7. The van der Waals surface area contributed by atoms with Crippen LogP contribution < -0.4 is 0 Å². The number of aliphatic carboxylic acids is 2. The fraction of sp³-hybridized carbons (Fsp3) is 0. The van der Waals surface area contributed by atoms with Crippen molar-refractivity contribution in [3.05, 3.63) is 38.0 Å². The van der Waals surface area contributed by atoms with Crippen LogP contribution in [0.5, 0.6) is 0 Å². The molecule has 2 N–H and O–H groups in total. The molecule has 0 atom stereocenters. The van der Waals surface area contributed by atoms with Crippen molar-refractivity contribution in [2.45, 2.75) is 0 Å². The zero-order valence-electron chi connectivity index (χ0n) is 8.83. The molecular weight excluding hydrogens is 230 g/mol. The van der Waals surface area contributed by atoms with Crippen LogP contribution in [0.4, 0.5) is 0 Å². The van der Waals surface area contributed by atoms with Gasteiger partial charge in [-0.25, -0.2) is 14.4 Å². The van der Waals surface area contributed by atoms with Crippen molar-refractivity contribution in [3.8, 4) is 6.26 Å². The highest BCUT2D eigenvalue weighted by atomic mass is 16.5. The molecule has 0 fully saturated rings. The third kappa shape index (κ3) is 43.3. The van der Waals surface area contributed by atoms with E-state index in [0.29, 0.717) is 0 Å². The van der Waals surface area contributed by atoms with Gasteiger partial charge in [-0.2, -0.15) is 0 Å². The van der Waals surface area contributed by atoms with Gasteiger partial charge in [-0.3, -0.25) is 0 Å². The zero-order valence-corrected chi connectivity index (χ0v) is 8.83. The Morgan fingerprint density at radius 3 is 1.35 bits per heavy atom. The lowest BCUT2D eigenvalue weighted by atomic mass is 10.7. The molecule has 0 saturated carbocycles. The van der Waals surface area contributed by atoms with E-state index in [4.69, 9.17) is 15.5 Å². The van der Waals surface area contributed by atoms with Gasteiger partial charge in [0.1, 0.15) is 0 Å². The van der Waals surface area contributed by atoms with Gasteiger partial charge in [-0.1, -0.05) is 19.7 Å². The van der Waals surface area contributed by atoms with Gasteiger partial charge >= 0.3 is 17.9 Å². The number of nitrogens with zero attached hydrogens (tertiary/aromatic N) is 1. The average molecular weight is 241 g/mol. The summed E-state index contributed by atoms with van der Waals surface area (Å²) in [5.74, 6) is -2.68. The zero-order chi connectivity index (χ0) is 14.3. The summed E-state index contributed by atoms with van der Waals surface area (Å²) in [6.07, 6.45) is 3.78. The van der Waals surface area contributed by atoms with Gasteiger partial charge in [-0.05, 0) is 0 Å². The molecule has 0 bridgehead atoms. The fourth-order valence-corrected chi connectivity index (χ4v) is 0.0867. The Morgan fingerprint density at radius 2 is 1.29 bits per heavy atom. The summed E-state index contributed by atoms with van der Waals surface area (Å²) in [7, 11) is 0. The van der Waals surface area contributed by atoms with Crippen LogP contribution in [0.2, 0.25) is 0 Å². The van der Waals surface area contributed by atoms with E-state index in [9.17, 15) is 14.4 Å². The molecule has 7 heteroatoms. The standard InChI is InChI=1S/C4H3NO2.2C3H4O2/c1-2-4(6)7-3-5;2*1-2-3(4)5/h2H,1H2;2*2H,1H2,(H,4,5). The Hall–Kier alpha value is -2.88. The van der Waals surface area contributed by atoms with Gasteiger partial charge in [0.25, 0.3) is 6.26 Å². The van der Waals surface area contributed by atoms with Crippen molar-refractivity contribution < 1.29 is 29.3 Å². The Morgan fingerprint density at radius 1 is 1.00 bits per heavy atom. The highest BCUT2D eigenvalue weighted by molar-refractivity contribution is 5.81. The van der Waals surface area contributed by atoms with E-state index in [1.54, 1.807) is 0 Å². The molecule has 0 aromatic rings. The number of carbonyl (C=O) groups excluding carboxylic acids is 1. The molecular formula is C10H11NO6. The Balaban J connectivity index is -0.000000177. The number of hydrogen-bond donors (Lipinski definition) is 2. The number of nitriles is 1. The monoisotopic (exact) mass is 241 g/mol. The number of rotatable bonds is 3. The minimum Gasteiger partial charge on any atom is -0.478 e. The molecule has 0 heterocycles. The van der Waals surface area contributed by atoms with E-state index in [2.05, 4.69) is 24.5 Å². The maximum atomic E-state index is 9.85. The van der Waals surface area contributed by atoms with E-state index in [0.717, 1.165) is 18.2 Å². The van der Waals surface area contributed by atoms with Gasteiger partial charge in [0, 0.05) is 18.2 Å². The Bertz CT molecular complexity index is 321. The van der Waals surface area contributed by atoms with Crippen LogP contribution in [0.15, 0.2) is 38.0 Å². The van der Waals surface area contributed by atoms with Crippen LogP contribution in [-0.2, 0) is 19.1 Å². The molecule has 0 unspecified atom stereocenters. The van der Waals surface area contributed by atoms with Crippen LogP contribution >= 0.6 is 0 Å². The van der Waals surface area contributed by atoms with E-state index in [1.807, 2.05) is 0 Å². The van der Waals surface area contributed by atoms with Crippen LogP contribution in [0.25, 0.3) is 0 Å². The van der Waals surface area contributed by atoms with Crippen LogP contribution in [0, 0.1) is 11.5 Å². The lowest BCUT2D eigenvalue weighted by Crippen LogP contribution is -1.91. The summed E-state index contributed by atoms with van der Waals surface area (Å²) in [5.41, 5.74) is 0. The molecule has 17 heavy (non-hydrogen) atoms. The summed E-state index contributed by atoms with van der Waals surface area (Å²) >= 11 is 0. The first-order valence-electron chi connectivity index (χ1n) is 3.78. The smallest absolute Gasteiger partial charge is 0.345 e. The maximum absolute atomic E-state index is 9.85. The van der Waals surface area contributed by atoms with Crippen LogP contribution in [-0.4, -0.2) is 28.1 Å². The minimum absolute atomic E-state index is 0.720. The molecule has 0 radical (unpaired) electrons. The first-order valence-corrected chi connectivity index (χ1v) is 3.78. The summed E-state index contributed by atoms with van der Waals surface area (Å²) in [6.45, 7) is 8.97. The number of hydrogen-bond acceptors (Lipinski definition) is 5. The quantitative estimate of drug-likeness (QED) is 0.423. The summed E-state index contributed by atoms with van der Waals surface area (Å²) in [6, 6.07) is 0. The predicted molar refractivity (Wildman–Crippen MR) is 57.6 cm³/mol. The molecule has 0 aromatic carbocycles. The number of ether oxygens (including phenoxy) is 1. The largest absolute Gasteiger partial charge is 0.478 e. The van der Waals surface area contributed by atoms with Crippen molar-refractivity contribution in [2.75, 3.05) is 0 Å². The number of esters is 1. The lowest BCUT2D eigenvalue weighted by molar-refractivity contribution is -0.132. The minimum atomic E-state index is -0.981. The van der Waals surface area contributed by atoms with E-state index >= 15 is 0 Å². The third-order valence-corrected chi connectivity index (χ3v) is 0.662. The first-order chi connectivity index (χ1) is 7.85. The van der Waals surface area contributed by atoms with Gasteiger partial charge in [0.05, 0.1) is 0 Å². The fourth-order valence-electron chi connectivity index (χ4n) is 0.0867. The second-order valence-electron chi connectivity index (χ2n) is 1.80. The van der Waals surface area contributed by atoms with E-state index in [-0.39, 0.29) is 0 Å². The molecule has 0 amide bonds. The molecule has 0 aliphatic carbocycles. The van der Waals surface area contributed by atoms with Gasteiger partial charge < -0.3 is 14.9 Å². The number of carbonyl (C=O) groups is 3. The van der Waals surface area contributed by atoms with Crippen LogP contribution in [0.1, 0.15) is 0 Å². The van der Waals surface area contributed by atoms with Gasteiger partial charge in [-0.15, -0.1) is 5.26 Å². The molecule has 0 spiro atoms. The van der Waals surface area contributed by atoms with Crippen molar-refractivity contribution in [3.63, 3.8) is 0 Å². The Kier molecular flexibility index (Phi) is 18.0. The van der Waals surface area contributed by atoms with Crippen molar-refractivity contribution in [2.24, 2.45) is 0 Å². The summed E-state index contributed by atoms with van der Waals surface area (Å²) < 4.78 is 3.74. The maximum Gasteiger partial charge on any atom is 0.345 e. The van der Waals surface area contributed by atoms with Crippen molar-refractivity contribution in [1.29, 1.82) is 5.26 Å². The molecule has 0 aliphatic heterocycles. The van der Waals surface area contributed by atoms with E-state index < -0.39 is 17.9 Å². The molecule has 0 aliphatic rings. The molecule has 92 valence electrons. The third-order valence-electron chi connectivity index (χ3n) is 0.662. The van der Waals surface area contributed by atoms with Gasteiger partial charge in [0.2, 0.25) is 0 Å². The normalized spacial score (nSPS) is 6.29. The number of carboxylic acids is 2. The molecule has 0 aromatic heterocycles. The summed E-state index contributed by atoms with van der Waals surface area (Å²) in [4.78, 5) is 28.3. The molecule has 0 saturated heterocycles. The van der Waals surface area contributed by atoms with Crippen LogP contribution in [0.3, 0.4) is 0 Å². The predicted octanol–water partition coefficient (Wildman–Crippen LogP) is 0.711. The second kappa shape index (κ2) is 15.6. The highest BCUT2D eigenvalue weighted by Crippen LogP contribution is 1.71. The highest BCUT2D eigenvalue weighted by Gasteiger charge is 1.87. The van der Waals surface area contributed by atoms with Crippen molar-refractivity contribution >= 4 is 17.9 Å². The Labute approximate surface area is 97.5 Å². The molecule has 0 rings (SSSR count). The molecule has 7 nitrogen and oxygen atoms in total. The average Bonchev–Trinajstić information content (AvgIpc) is 2.30. The SMILES string of the molecule is C=CC(=O)O.C=CC(=O)O.C=CC(=O)OC#N. The van der Waals surface area contributed by atoms with E-state index in [1.165, 1.54) is 6.26 Å².